The van der Waals surface area contributed by atoms with Crippen LogP contribution in [0.4, 0.5) is 5.95 Å². The molecule has 1 spiro atoms. The Morgan fingerprint density at radius 3 is 2.69 bits per heavy atom. The lowest BCUT2D eigenvalue weighted by atomic mass is 9.78. The molecule has 1 aromatic heterocycles. The summed E-state index contributed by atoms with van der Waals surface area (Å²) in [5.41, 5.74) is 1.55. The number of anilines is 1. The predicted octanol–water partition coefficient (Wildman–Crippen LogP) is 0.840. The van der Waals surface area contributed by atoms with E-state index in [1.165, 1.54) is 0 Å². The van der Waals surface area contributed by atoms with Gasteiger partial charge in [-0.25, -0.2) is 4.98 Å². The van der Waals surface area contributed by atoms with Crippen molar-refractivity contribution in [3.63, 3.8) is 0 Å². The molecule has 3 heterocycles. The van der Waals surface area contributed by atoms with E-state index in [0.717, 1.165) is 49.3 Å². The van der Waals surface area contributed by atoms with Crippen LogP contribution < -0.4 is 4.90 Å². The number of aliphatic hydroxyl groups is 2. The molecule has 0 saturated carbocycles. The van der Waals surface area contributed by atoms with Crippen LogP contribution in [0.1, 0.15) is 19.3 Å². The molecule has 2 fully saturated rings. The fourth-order valence-corrected chi connectivity index (χ4v) is 4.53. The van der Waals surface area contributed by atoms with Crippen molar-refractivity contribution >= 4 is 22.9 Å². The molecule has 2 aromatic rings. The summed E-state index contributed by atoms with van der Waals surface area (Å²) >= 11 is 0. The number of fused-ring (bicyclic) bond motifs is 1. The summed E-state index contributed by atoms with van der Waals surface area (Å²) in [7, 11) is 0. The van der Waals surface area contributed by atoms with Gasteiger partial charge in [0.15, 0.2) is 0 Å². The van der Waals surface area contributed by atoms with Crippen molar-refractivity contribution in [1.29, 1.82) is 0 Å². The Hall–Kier alpha value is -2.12. The summed E-state index contributed by atoms with van der Waals surface area (Å²) in [6.07, 6.45) is 2.69. The summed E-state index contributed by atoms with van der Waals surface area (Å²) in [5.74, 6) is 1.01. The number of nitrogens with zero attached hydrogens (tertiary/aromatic N) is 4. The van der Waals surface area contributed by atoms with E-state index in [-0.39, 0.29) is 24.5 Å². The summed E-state index contributed by atoms with van der Waals surface area (Å²) in [4.78, 5) is 21.8. The minimum Gasteiger partial charge on any atom is -0.395 e. The van der Waals surface area contributed by atoms with Crippen LogP contribution in [-0.4, -0.2) is 70.0 Å². The number of carbonyl (C=O) groups excluding carboxylic acids is 1. The molecule has 2 aliphatic heterocycles. The van der Waals surface area contributed by atoms with Crippen molar-refractivity contribution in [2.45, 2.75) is 25.8 Å². The maximum Gasteiger partial charge on any atom is 0.230 e. The molecule has 0 aliphatic carbocycles. The van der Waals surface area contributed by atoms with Crippen LogP contribution in [0.2, 0.25) is 0 Å². The zero-order valence-electron chi connectivity index (χ0n) is 15.0. The van der Waals surface area contributed by atoms with E-state index in [0.29, 0.717) is 19.6 Å². The van der Waals surface area contributed by atoms with Crippen molar-refractivity contribution in [1.82, 2.24) is 14.5 Å². The summed E-state index contributed by atoms with van der Waals surface area (Å²) < 4.78 is 2.05. The molecule has 0 radical (unpaired) electrons. The van der Waals surface area contributed by atoms with Crippen molar-refractivity contribution in [2.24, 2.45) is 5.41 Å². The lowest BCUT2D eigenvalue weighted by Gasteiger charge is -2.39. The first-order valence-electron chi connectivity index (χ1n) is 9.40. The van der Waals surface area contributed by atoms with Crippen LogP contribution in [0.5, 0.6) is 0 Å². The van der Waals surface area contributed by atoms with Crippen LogP contribution >= 0.6 is 0 Å². The van der Waals surface area contributed by atoms with E-state index in [9.17, 15) is 15.0 Å². The van der Waals surface area contributed by atoms with Gasteiger partial charge in [0.1, 0.15) is 0 Å². The SMILES string of the molecule is O=C1N(CCO)CCC[C@@]12CCN(c1nc3ccccc3n1CCO)C2. The molecule has 7 heteroatoms. The van der Waals surface area contributed by atoms with E-state index in [4.69, 9.17) is 4.98 Å². The second-order valence-electron chi connectivity index (χ2n) is 7.35. The number of hydrogen-bond donors (Lipinski definition) is 2. The van der Waals surface area contributed by atoms with E-state index in [2.05, 4.69) is 4.90 Å². The van der Waals surface area contributed by atoms with E-state index >= 15 is 0 Å². The Morgan fingerprint density at radius 2 is 1.88 bits per heavy atom. The first-order chi connectivity index (χ1) is 12.7. The highest BCUT2D eigenvalue weighted by molar-refractivity contribution is 5.85. The van der Waals surface area contributed by atoms with Gasteiger partial charge in [0, 0.05) is 32.7 Å². The van der Waals surface area contributed by atoms with Gasteiger partial charge in [-0.2, -0.15) is 0 Å². The van der Waals surface area contributed by atoms with E-state index in [1.54, 1.807) is 0 Å². The highest BCUT2D eigenvalue weighted by Gasteiger charge is 2.49. The van der Waals surface area contributed by atoms with Gasteiger partial charge >= 0.3 is 0 Å². The molecule has 2 saturated heterocycles. The number of amides is 1. The Bertz CT molecular complexity index is 803. The molecule has 7 nitrogen and oxygen atoms in total. The summed E-state index contributed by atoms with van der Waals surface area (Å²) in [6.45, 7) is 3.15. The van der Waals surface area contributed by atoms with Gasteiger partial charge in [-0.3, -0.25) is 4.79 Å². The van der Waals surface area contributed by atoms with Gasteiger partial charge < -0.3 is 24.6 Å². The van der Waals surface area contributed by atoms with Gasteiger partial charge in [-0.1, -0.05) is 12.1 Å². The Morgan fingerprint density at radius 1 is 1.08 bits per heavy atom. The lowest BCUT2D eigenvalue weighted by Crippen LogP contribution is -2.51. The monoisotopic (exact) mass is 358 g/mol. The minimum absolute atomic E-state index is 0.0117. The normalized spacial score (nSPS) is 23.5. The fraction of sp³-hybridized carbons (Fsp3) is 0.579. The maximum atomic E-state index is 13.0. The molecule has 140 valence electrons. The van der Waals surface area contributed by atoms with Gasteiger partial charge in [0.2, 0.25) is 11.9 Å². The number of likely N-dealkylation sites (tertiary alicyclic amines) is 1. The molecule has 1 atom stereocenters. The standard InChI is InChI=1S/C19H26N4O3/c24-12-10-21-8-3-6-19(17(21)26)7-9-22(14-19)18-20-15-4-1-2-5-16(15)23(18)11-13-25/h1-2,4-5,24-25H,3,6-14H2/t19-/m0/s1. The third-order valence-corrected chi connectivity index (χ3v) is 5.79. The molecular weight excluding hydrogens is 332 g/mol. The van der Waals surface area contributed by atoms with Crippen molar-refractivity contribution in [3.8, 4) is 0 Å². The number of hydrogen-bond acceptors (Lipinski definition) is 5. The first-order valence-corrected chi connectivity index (χ1v) is 9.40. The molecule has 1 amide bonds. The zero-order valence-corrected chi connectivity index (χ0v) is 15.0. The highest BCUT2D eigenvalue weighted by Crippen LogP contribution is 2.41. The number of para-hydroxylation sites is 2. The van der Waals surface area contributed by atoms with E-state index < -0.39 is 0 Å². The van der Waals surface area contributed by atoms with Crippen LogP contribution in [0.3, 0.4) is 0 Å². The van der Waals surface area contributed by atoms with Crippen LogP contribution in [0.15, 0.2) is 24.3 Å². The third-order valence-electron chi connectivity index (χ3n) is 5.79. The van der Waals surface area contributed by atoms with Crippen molar-refractivity contribution < 1.29 is 15.0 Å². The lowest BCUT2D eigenvalue weighted by molar-refractivity contribution is -0.145. The molecule has 26 heavy (non-hydrogen) atoms. The molecule has 0 bridgehead atoms. The molecule has 2 N–H and O–H groups in total. The zero-order chi connectivity index (χ0) is 18.1. The molecule has 0 unspecified atom stereocenters. The average molecular weight is 358 g/mol. The van der Waals surface area contributed by atoms with Gasteiger partial charge in [0.05, 0.1) is 29.7 Å². The number of β-amino-alcohol motifs (C(OH)–C–C–N with tert-alkyl or cyclic N) is 1. The maximum absolute atomic E-state index is 13.0. The average Bonchev–Trinajstić information content (AvgIpc) is 3.23. The van der Waals surface area contributed by atoms with Crippen LogP contribution in [-0.2, 0) is 11.3 Å². The smallest absolute Gasteiger partial charge is 0.230 e. The molecular formula is C19H26N4O3. The van der Waals surface area contributed by atoms with E-state index in [1.807, 2.05) is 33.7 Å². The largest absolute Gasteiger partial charge is 0.395 e. The Balaban J connectivity index is 1.64. The first kappa shape index (κ1) is 17.3. The van der Waals surface area contributed by atoms with Crippen LogP contribution in [0.25, 0.3) is 11.0 Å². The second-order valence-corrected chi connectivity index (χ2v) is 7.35. The number of piperidine rings is 1. The minimum atomic E-state index is -0.365. The molecule has 1 aromatic carbocycles. The number of benzene rings is 1. The van der Waals surface area contributed by atoms with Crippen molar-refractivity contribution in [2.75, 3.05) is 44.3 Å². The highest BCUT2D eigenvalue weighted by atomic mass is 16.3. The quantitative estimate of drug-likeness (QED) is 0.828. The summed E-state index contributed by atoms with van der Waals surface area (Å²) in [6, 6.07) is 7.94. The van der Waals surface area contributed by atoms with Gasteiger partial charge in [-0.15, -0.1) is 0 Å². The topological polar surface area (TPSA) is 81.8 Å². The number of aromatic nitrogens is 2. The predicted molar refractivity (Wildman–Crippen MR) is 99.0 cm³/mol. The number of aliphatic hydroxyl groups excluding tert-OH is 2. The molecule has 4 rings (SSSR count). The van der Waals surface area contributed by atoms with Crippen molar-refractivity contribution in [3.05, 3.63) is 24.3 Å². The second kappa shape index (κ2) is 6.89. The summed E-state index contributed by atoms with van der Waals surface area (Å²) in [5, 5.41) is 18.7. The van der Waals surface area contributed by atoms with Gasteiger partial charge in [0.25, 0.3) is 0 Å². The Labute approximate surface area is 152 Å². The third kappa shape index (κ3) is 2.75. The molecule has 2 aliphatic rings. The van der Waals surface area contributed by atoms with Crippen LogP contribution in [0, 0.1) is 5.41 Å². The Kier molecular flexibility index (Phi) is 4.58. The number of rotatable bonds is 5. The fourth-order valence-electron chi connectivity index (χ4n) is 4.53. The number of carbonyl (C=O) groups is 1. The number of imidazole rings is 1. The van der Waals surface area contributed by atoms with Gasteiger partial charge in [-0.05, 0) is 31.4 Å².